The van der Waals surface area contributed by atoms with E-state index in [-0.39, 0.29) is 28.7 Å². The van der Waals surface area contributed by atoms with Crippen molar-refractivity contribution in [1.29, 1.82) is 0 Å². The van der Waals surface area contributed by atoms with Crippen LogP contribution in [0.1, 0.15) is 27.2 Å². The third kappa shape index (κ3) is 2.84. The number of hydrogen-bond acceptors (Lipinski definition) is 5. The number of pyridine rings is 1. The molecule has 2 aromatic rings. The highest BCUT2D eigenvalue weighted by Crippen LogP contribution is 2.44. The first-order chi connectivity index (χ1) is 13.5. The fourth-order valence-corrected chi connectivity index (χ4v) is 6.15. The highest BCUT2D eigenvalue weighted by Gasteiger charge is 2.52. The normalized spacial score (nSPS) is 28.0. The summed E-state index contributed by atoms with van der Waals surface area (Å²) in [6.45, 7) is 2.59. The van der Waals surface area contributed by atoms with Crippen molar-refractivity contribution >= 4 is 15.7 Å². The quantitative estimate of drug-likeness (QED) is 0.768. The number of hydrogen-bond donors (Lipinski definition) is 0. The van der Waals surface area contributed by atoms with Crippen LogP contribution in [0.5, 0.6) is 0 Å². The van der Waals surface area contributed by atoms with Crippen molar-refractivity contribution in [2.75, 3.05) is 32.1 Å². The van der Waals surface area contributed by atoms with E-state index in [1.54, 1.807) is 0 Å². The molecular formula is C21H22N2O4S. The number of aromatic nitrogens is 1. The lowest BCUT2D eigenvalue weighted by molar-refractivity contribution is 0.0743. The second-order valence-corrected chi connectivity index (χ2v) is 10.3. The maximum Gasteiger partial charge on any atom is 0.255 e. The molecule has 2 fully saturated rings. The number of benzene rings is 1. The van der Waals surface area contributed by atoms with E-state index in [9.17, 15) is 13.2 Å². The first kappa shape index (κ1) is 17.8. The fraction of sp³-hybridized carbons (Fsp3) is 0.429. The summed E-state index contributed by atoms with van der Waals surface area (Å²) in [4.78, 5) is 19.4. The molecule has 28 heavy (non-hydrogen) atoms. The Labute approximate surface area is 164 Å². The summed E-state index contributed by atoms with van der Waals surface area (Å²) >= 11 is 0. The van der Waals surface area contributed by atoms with E-state index >= 15 is 0 Å². The van der Waals surface area contributed by atoms with E-state index in [1.165, 1.54) is 11.8 Å². The molecule has 0 unspecified atom stereocenters. The van der Waals surface area contributed by atoms with Gasteiger partial charge in [0, 0.05) is 30.6 Å². The Bertz CT molecular complexity index is 1040. The highest BCUT2D eigenvalue weighted by atomic mass is 32.2. The Morgan fingerprint density at radius 2 is 2.07 bits per heavy atom. The van der Waals surface area contributed by atoms with Crippen molar-refractivity contribution in [3.8, 4) is 0 Å². The molecule has 3 aliphatic rings. The van der Waals surface area contributed by atoms with E-state index in [0.717, 1.165) is 5.56 Å². The molecule has 146 valence electrons. The Balaban J connectivity index is 1.41. The van der Waals surface area contributed by atoms with Crippen LogP contribution in [0.25, 0.3) is 0 Å². The number of sulfone groups is 1. The predicted molar refractivity (Wildman–Crippen MR) is 104 cm³/mol. The number of fused-ring (bicyclic) bond motifs is 2. The number of nitrogens with zero attached hydrogens (tertiary/aromatic N) is 2. The smallest absolute Gasteiger partial charge is 0.255 e. The monoisotopic (exact) mass is 398 g/mol. The third-order valence-electron chi connectivity index (χ3n) is 6.36. The molecule has 7 heteroatoms. The fourth-order valence-electron chi connectivity index (χ4n) is 4.80. The summed E-state index contributed by atoms with van der Waals surface area (Å²) in [6.07, 6.45) is 1.96. The molecule has 6 nitrogen and oxygen atoms in total. The van der Waals surface area contributed by atoms with Crippen LogP contribution in [-0.2, 0) is 32.2 Å². The van der Waals surface area contributed by atoms with E-state index < -0.39 is 9.84 Å². The van der Waals surface area contributed by atoms with Gasteiger partial charge in [0.05, 0.1) is 36.0 Å². The van der Waals surface area contributed by atoms with Crippen molar-refractivity contribution in [3.63, 3.8) is 0 Å². The molecule has 2 saturated heterocycles. The highest BCUT2D eigenvalue weighted by molar-refractivity contribution is 7.90. The lowest BCUT2D eigenvalue weighted by Gasteiger charge is -2.27. The lowest BCUT2D eigenvalue weighted by atomic mass is 9.75. The van der Waals surface area contributed by atoms with Crippen molar-refractivity contribution in [2.24, 2.45) is 5.92 Å². The van der Waals surface area contributed by atoms with Crippen molar-refractivity contribution < 1.29 is 17.9 Å². The van der Waals surface area contributed by atoms with Gasteiger partial charge in [0.2, 0.25) is 0 Å². The zero-order chi connectivity index (χ0) is 19.4. The van der Waals surface area contributed by atoms with Crippen LogP contribution in [0.4, 0.5) is 0 Å². The summed E-state index contributed by atoms with van der Waals surface area (Å²) in [7, 11) is -3.07. The van der Waals surface area contributed by atoms with E-state index in [1.807, 2.05) is 29.2 Å². The molecule has 1 aromatic carbocycles. The van der Waals surface area contributed by atoms with E-state index in [0.29, 0.717) is 44.0 Å². The lowest BCUT2D eigenvalue weighted by Crippen LogP contribution is -2.37. The van der Waals surface area contributed by atoms with Gasteiger partial charge in [-0.1, -0.05) is 30.3 Å². The van der Waals surface area contributed by atoms with E-state index in [2.05, 4.69) is 17.1 Å². The summed E-state index contributed by atoms with van der Waals surface area (Å²) in [5.74, 6) is 0.347. The summed E-state index contributed by atoms with van der Waals surface area (Å²) in [6, 6.07) is 12.1. The van der Waals surface area contributed by atoms with Crippen LogP contribution in [0.15, 0.2) is 42.6 Å². The van der Waals surface area contributed by atoms with Gasteiger partial charge in [-0.25, -0.2) is 8.42 Å². The Hall–Kier alpha value is -2.25. The van der Waals surface area contributed by atoms with Crippen LogP contribution >= 0.6 is 0 Å². The average molecular weight is 398 g/mol. The SMILES string of the molecule is O=C(c1cnc2c(c1)CCS(=O)(=O)C2)N1C[C@@H]2COC[C@]2(c2ccccc2)C1. The van der Waals surface area contributed by atoms with E-state index in [4.69, 9.17) is 4.74 Å². The van der Waals surface area contributed by atoms with Crippen LogP contribution in [0, 0.1) is 5.92 Å². The number of aryl methyl sites for hydroxylation is 1. The number of amides is 1. The second kappa shape index (κ2) is 6.39. The minimum atomic E-state index is -3.07. The number of likely N-dealkylation sites (tertiary alicyclic amines) is 1. The maximum absolute atomic E-state index is 13.2. The molecule has 4 heterocycles. The van der Waals surface area contributed by atoms with Gasteiger partial charge in [0.25, 0.3) is 5.91 Å². The average Bonchev–Trinajstić information content (AvgIpc) is 3.25. The molecule has 0 saturated carbocycles. The van der Waals surface area contributed by atoms with Gasteiger partial charge in [-0.15, -0.1) is 0 Å². The molecule has 2 atom stereocenters. The number of carbonyl (C=O) groups is 1. The molecular weight excluding hydrogens is 376 g/mol. The molecule has 0 radical (unpaired) electrons. The molecule has 0 N–H and O–H groups in total. The van der Waals surface area contributed by atoms with Gasteiger partial charge in [0.15, 0.2) is 9.84 Å². The molecule has 0 aliphatic carbocycles. The van der Waals surface area contributed by atoms with Gasteiger partial charge in [0.1, 0.15) is 0 Å². The van der Waals surface area contributed by atoms with Gasteiger partial charge in [-0.05, 0) is 23.6 Å². The number of rotatable bonds is 2. The first-order valence-corrected chi connectivity index (χ1v) is 11.4. The molecule has 1 aromatic heterocycles. The van der Waals surface area contributed by atoms with Crippen LogP contribution in [0.3, 0.4) is 0 Å². The van der Waals surface area contributed by atoms with Crippen LogP contribution in [0.2, 0.25) is 0 Å². The minimum Gasteiger partial charge on any atom is -0.380 e. The maximum atomic E-state index is 13.2. The summed E-state index contributed by atoms with van der Waals surface area (Å²) < 4.78 is 29.4. The zero-order valence-corrected chi connectivity index (χ0v) is 16.3. The first-order valence-electron chi connectivity index (χ1n) is 9.58. The number of ether oxygens (including phenoxy) is 1. The predicted octanol–water partition coefficient (Wildman–Crippen LogP) is 1.59. The van der Waals surface area contributed by atoms with Gasteiger partial charge < -0.3 is 9.64 Å². The molecule has 0 bridgehead atoms. The molecule has 0 spiro atoms. The number of carbonyl (C=O) groups excluding carboxylic acids is 1. The van der Waals surface area contributed by atoms with Gasteiger partial charge in [-0.3, -0.25) is 9.78 Å². The Morgan fingerprint density at radius 1 is 1.25 bits per heavy atom. The topological polar surface area (TPSA) is 76.6 Å². The van der Waals surface area contributed by atoms with Crippen molar-refractivity contribution in [1.82, 2.24) is 9.88 Å². The zero-order valence-electron chi connectivity index (χ0n) is 15.5. The summed E-state index contributed by atoms with van der Waals surface area (Å²) in [5.41, 5.74) is 3.08. The Morgan fingerprint density at radius 3 is 2.89 bits per heavy atom. The largest absolute Gasteiger partial charge is 0.380 e. The van der Waals surface area contributed by atoms with Gasteiger partial charge >= 0.3 is 0 Å². The molecule has 1 amide bonds. The van der Waals surface area contributed by atoms with Crippen LogP contribution < -0.4 is 0 Å². The minimum absolute atomic E-state index is 0.0307. The van der Waals surface area contributed by atoms with Gasteiger partial charge in [-0.2, -0.15) is 0 Å². The Kier molecular flexibility index (Phi) is 4.07. The second-order valence-electron chi connectivity index (χ2n) is 8.09. The standard InChI is InChI=1S/C21H22N2O4S/c24-20(16-8-15-6-7-28(25,26)12-19(15)22-9-16)23-10-18-11-27-14-21(18,13-23)17-4-2-1-3-5-17/h1-5,8-9,18H,6-7,10-14H2/t18-,21+/m1/s1. The van der Waals surface area contributed by atoms with Crippen molar-refractivity contribution in [3.05, 3.63) is 65.0 Å². The molecule has 5 rings (SSSR count). The summed E-state index contributed by atoms with van der Waals surface area (Å²) in [5, 5.41) is 0. The molecule has 3 aliphatic heterocycles. The third-order valence-corrected chi connectivity index (χ3v) is 7.90. The van der Waals surface area contributed by atoms with Crippen LogP contribution in [-0.4, -0.2) is 56.3 Å². The van der Waals surface area contributed by atoms with Crippen molar-refractivity contribution in [2.45, 2.75) is 17.6 Å².